The van der Waals surface area contributed by atoms with Crippen LogP contribution in [0.15, 0.2) is 18.2 Å². The van der Waals surface area contributed by atoms with E-state index in [-0.39, 0.29) is 5.60 Å². The molecule has 0 aromatic heterocycles. The Morgan fingerprint density at radius 2 is 2.05 bits per heavy atom. The zero-order valence-corrected chi connectivity index (χ0v) is 13.1. The highest BCUT2D eigenvalue weighted by Gasteiger charge is 2.30. The van der Waals surface area contributed by atoms with Gasteiger partial charge in [-0.15, -0.1) is 0 Å². The summed E-state index contributed by atoms with van der Waals surface area (Å²) < 4.78 is 32.1. The first kappa shape index (κ1) is 15.7. The van der Waals surface area contributed by atoms with E-state index in [1.54, 1.807) is 6.07 Å². The predicted molar refractivity (Wildman–Crippen MR) is 83.2 cm³/mol. The van der Waals surface area contributed by atoms with Gasteiger partial charge >= 0.3 is 0 Å². The fourth-order valence-electron chi connectivity index (χ4n) is 3.36. The second kappa shape index (κ2) is 6.50. The lowest BCUT2D eigenvalue weighted by atomic mass is 10.00. The van der Waals surface area contributed by atoms with Crippen molar-refractivity contribution in [3.63, 3.8) is 0 Å². The monoisotopic (exact) mass is 310 g/mol. The third kappa shape index (κ3) is 3.58. The lowest BCUT2D eigenvalue weighted by Gasteiger charge is -2.35. The van der Waals surface area contributed by atoms with Crippen molar-refractivity contribution in [3.8, 4) is 0 Å². The van der Waals surface area contributed by atoms with Crippen molar-refractivity contribution in [3.05, 3.63) is 29.8 Å². The average molecular weight is 310 g/mol. The van der Waals surface area contributed by atoms with Gasteiger partial charge in [-0.1, -0.05) is 0 Å². The van der Waals surface area contributed by atoms with Gasteiger partial charge in [0, 0.05) is 44.0 Å². The van der Waals surface area contributed by atoms with Crippen LogP contribution in [-0.4, -0.2) is 37.9 Å². The highest BCUT2D eigenvalue weighted by Crippen LogP contribution is 2.25. The van der Waals surface area contributed by atoms with Crippen molar-refractivity contribution in [1.29, 1.82) is 0 Å². The van der Waals surface area contributed by atoms with Gasteiger partial charge in [-0.25, -0.2) is 8.78 Å². The van der Waals surface area contributed by atoms with Crippen LogP contribution in [0.3, 0.4) is 0 Å². The molecule has 0 saturated carbocycles. The highest BCUT2D eigenvalue weighted by atomic mass is 19.2. The van der Waals surface area contributed by atoms with Gasteiger partial charge in [0.05, 0.1) is 5.60 Å². The van der Waals surface area contributed by atoms with Crippen LogP contribution < -0.4 is 10.2 Å². The lowest BCUT2D eigenvalue weighted by molar-refractivity contribution is 0.0181. The second-order valence-corrected chi connectivity index (χ2v) is 6.64. The number of rotatable bonds is 4. The summed E-state index contributed by atoms with van der Waals surface area (Å²) in [5.41, 5.74) is 0.750. The van der Waals surface area contributed by atoms with Crippen LogP contribution in [-0.2, 0) is 4.74 Å². The SMILES string of the molecule is C[C@]1(CNC2CCN(c3ccc(F)c(F)c3)CC2)CCCO1. The van der Waals surface area contributed by atoms with Gasteiger partial charge in [0.15, 0.2) is 11.6 Å². The molecule has 3 nitrogen and oxygen atoms in total. The van der Waals surface area contributed by atoms with E-state index in [0.717, 1.165) is 57.6 Å². The normalized spacial score (nSPS) is 26.6. The lowest BCUT2D eigenvalue weighted by Crippen LogP contribution is -2.47. The molecule has 1 aromatic rings. The Labute approximate surface area is 130 Å². The molecule has 2 aliphatic rings. The zero-order valence-electron chi connectivity index (χ0n) is 13.1. The van der Waals surface area contributed by atoms with Crippen molar-refractivity contribution >= 4 is 5.69 Å². The molecule has 2 saturated heterocycles. The number of anilines is 1. The van der Waals surface area contributed by atoms with Gasteiger partial charge in [-0.05, 0) is 44.7 Å². The fourth-order valence-corrected chi connectivity index (χ4v) is 3.36. The van der Waals surface area contributed by atoms with Crippen molar-refractivity contribution in [1.82, 2.24) is 5.32 Å². The molecule has 2 fully saturated rings. The van der Waals surface area contributed by atoms with E-state index in [2.05, 4.69) is 17.1 Å². The smallest absolute Gasteiger partial charge is 0.160 e. The van der Waals surface area contributed by atoms with E-state index in [4.69, 9.17) is 4.74 Å². The molecule has 0 radical (unpaired) electrons. The summed E-state index contributed by atoms with van der Waals surface area (Å²) in [6, 6.07) is 4.62. The Morgan fingerprint density at radius 3 is 2.68 bits per heavy atom. The van der Waals surface area contributed by atoms with Crippen LogP contribution >= 0.6 is 0 Å². The molecule has 5 heteroatoms. The minimum absolute atomic E-state index is 0.0166. The maximum atomic E-state index is 13.3. The first-order valence-corrected chi connectivity index (χ1v) is 8.13. The first-order chi connectivity index (χ1) is 10.6. The van der Waals surface area contributed by atoms with Crippen LogP contribution in [0.1, 0.15) is 32.6 Å². The molecular formula is C17H24F2N2O. The predicted octanol–water partition coefficient (Wildman–Crippen LogP) is 3.09. The molecule has 22 heavy (non-hydrogen) atoms. The van der Waals surface area contributed by atoms with Crippen LogP contribution in [0.4, 0.5) is 14.5 Å². The summed E-state index contributed by atoms with van der Waals surface area (Å²) >= 11 is 0. The number of hydrogen-bond donors (Lipinski definition) is 1. The third-order valence-electron chi connectivity index (χ3n) is 4.83. The zero-order chi connectivity index (χ0) is 15.6. The topological polar surface area (TPSA) is 24.5 Å². The van der Waals surface area contributed by atoms with Gasteiger partial charge < -0.3 is 15.0 Å². The Kier molecular flexibility index (Phi) is 4.64. The van der Waals surface area contributed by atoms with Gasteiger partial charge in [-0.2, -0.15) is 0 Å². The summed E-state index contributed by atoms with van der Waals surface area (Å²) in [6.45, 7) is 5.65. The van der Waals surface area contributed by atoms with E-state index in [1.165, 1.54) is 12.1 Å². The first-order valence-electron chi connectivity index (χ1n) is 8.13. The number of nitrogens with one attached hydrogen (secondary N) is 1. The maximum Gasteiger partial charge on any atom is 0.160 e. The van der Waals surface area contributed by atoms with E-state index < -0.39 is 11.6 Å². The molecule has 1 aromatic carbocycles. The van der Waals surface area contributed by atoms with Crippen molar-refractivity contribution < 1.29 is 13.5 Å². The maximum absolute atomic E-state index is 13.3. The molecule has 3 rings (SSSR count). The highest BCUT2D eigenvalue weighted by molar-refractivity contribution is 5.47. The number of piperidine rings is 1. The molecule has 122 valence electrons. The van der Waals surface area contributed by atoms with E-state index >= 15 is 0 Å². The Morgan fingerprint density at radius 1 is 1.27 bits per heavy atom. The quantitative estimate of drug-likeness (QED) is 0.925. The molecule has 1 N–H and O–H groups in total. The third-order valence-corrected chi connectivity index (χ3v) is 4.83. The molecule has 2 heterocycles. The van der Waals surface area contributed by atoms with E-state index in [0.29, 0.717) is 6.04 Å². The number of hydrogen-bond acceptors (Lipinski definition) is 3. The minimum atomic E-state index is -0.787. The largest absolute Gasteiger partial charge is 0.374 e. The Bertz CT molecular complexity index is 509. The van der Waals surface area contributed by atoms with E-state index in [9.17, 15) is 8.78 Å². The molecule has 2 aliphatic heterocycles. The van der Waals surface area contributed by atoms with Gasteiger partial charge in [0.1, 0.15) is 0 Å². The van der Waals surface area contributed by atoms with Gasteiger partial charge in [0.2, 0.25) is 0 Å². The molecule has 0 unspecified atom stereocenters. The second-order valence-electron chi connectivity index (χ2n) is 6.64. The summed E-state index contributed by atoms with van der Waals surface area (Å²) in [5.74, 6) is -1.56. The standard InChI is InChI=1S/C17H24F2N2O/c1-17(7-2-10-22-17)12-20-13-5-8-21(9-6-13)14-3-4-15(18)16(19)11-14/h3-4,11,13,20H,2,5-10,12H2,1H3/t17-/m1/s1. The fraction of sp³-hybridized carbons (Fsp3) is 0.647. The number of nitrogens with zero attached hydrogens (tertiary/aromatic N) is 1. The number of ether oxygens (including phenoxy) is 1. The van der Waals surface area contributed by atoms with Crippen LogP contribution in [0.2, 0.25) is 0 Å². The van der Waals surface area contributed by atoms with Crippen molar-refractivity contribution in [2.24, 2.45) is 0 Å². The van der Waals surface area contributed by atoms with Crippen molar-refractivity contribution in [2.75, 3.05) is 31.1 Å². The van der Waals surface area contributed by atoms with Crippen molar-refractivity contribution in [2.45, 2.75) is 44.2 Å². The molecule has 0 amide bonds. The Hall–Kier alpha value is -1.20. The Balaban J connectivity index is 1.48. The summed E-state index contributed by atoms with van der Waals surface area (Å²) in [4.78, 5) is 2.12. The minimum Gasteiger partial charge on any atom is -0.374 e. The molecule has 1 atom stereocenters. The number of benzene rings is 1. The van der Waals surface area contributed by atoms with Gasteiger partial charge in [0.25, 0.3) is 0 Å². The number of halogens is 2. The van der Waals surface area contributed by atoms with Crippen LogP contribution in [0.5, 0.6) is 0 Å². The van der Waals surface area contributed by atoms with Crippen LogP contribution in [0, 0.1) is 11.6 Å². The molecule has 0 bridgehead atoms. The summed E-state index contributed by atoms with van der Waals surface area (Å²) in [7, 11) is 0. The molecule has 0 spiro atoms. The molecular weight excluding hydrogens is 286 g/mol. The van der Waals surface area contributed by atoms with Gasteiger partial charge in [-0.3, -0.25) is 0 Å². The van der Waals surface area contributed by atoms with Crippen LogP contribution in [0.25, 0.3) is 0 Å². The molecule has 0 aliphatic carbocycles. The summed E-state index contributed by atoms with van der Waals surface area (Å²) in [6.07, 6.45) is 4.28. The van der Waals surface area contributed by atoms with E-state index in [1.807, 2.05) is 0 Å². The summed E-state index contributed by atoms with van der Waals surface area (Å²) in [5, 5.41) is 3.61. The average Bonchev–Trinajstić information content (AvgIpc) is 2.96.